The summed E-state index contributed by atoms with van der Waals surface area (Å²) >= 11 is 0. The van der Waals surface area contributed by atoms with Crippen molar-refractivity contribution in [2.24, 2.45) is 5.73 Å². The van der Waals surface area contributed by atoms with Gasteiger partial charge in [-0.25, -0.2) is 21.9 Å². The van der Waals surface area contributed by atoms with Gasteiger partial charge in [-0.15, -0.1) is 0 Å². The first kappa shape index (κ1) is 12.9. The molecule has 16 heavy (non-hydrogen) atoms. The number of aromatic nitrogens is 1. The van der Waals surface area contributed by atoms with Crippen LogP contribution in [0.2, 0.25) is 0 Å². The summed E-state index contributed by atoms with van der Waals surface area (Å²) in [6.45, 7) is -0.730. The third-order valence-electron chi connectivity index (χ3n) is 1.74. The van der Waals surface area contributed by atoms with Crippen LogP contribution in [0, 0.1) is 0 Å². The number of sulfonamides is 1. The van der Waals surface area contributed by atoms with Crippen molar-refractivity contribution in [3.05, 3.63) is 24.0 Å². The maximum Gasteiger partial charge on any atom is 0.251 e. The van der Waals surface area contributed by atoms with Gasteiger partial charge in [0.05, 0.1) is 12.2 Å². The molecule has 1 rings (SSSR count). The van der Waals surface area contributed by atoms with Gasteiger partial charge in [-0.05, 0) is 12.1 Å². The smallest absolute Gasteiger partial charge is 0.251 e. The van der Waals surface area contributed by atoms with Gasteiger partial charge in [0, 0.05) is 12.7 Å². The van der Waals surface area contributed by atoms with Crippen LogP contribution in [-0.2, 0) is 16.6 Å². The Morgan fingerprint density at radius 1 is 1.44 bits per heavy atom. The highest BCUT2D eigenvalue weighted by Crippen LogP contribution is 2.07. The third-order valence-corrected chi connectivity index (χ3v) is 3.15. The summed E-state index contributed by atoms with van der Waals surface area (Å²) in [6.07, 6.45) is -1.65. The first-order valence-electron chi connectivity index (χ1n) is 4.38. The second-order valence-electron chi connectivity index (χ2n) is 2.93. The third kappa shape index (κ3) is 3.47. The zero-order valence-electron chi connectivity index (χ0n) is 8.23. The number of nitrogens with one attached hydrogen (secondary N) is 1. The molecule has 5 nitrogen and oxygen atoms in total. The lowest BCUT2D eigenvalue weighted by Gasteiger charge is -2.06. The number of pyridine rings is 1. The van der Waals surface area contributed by atoms with Crippen molar-refractivity contribution in [1.82, 2.24) is 9.71 Å². The first-order chi connectivity index (χ1) is 7.45. The van der Waals surface area contributed by atoms with Crippen LogP contribution in [0.4, 0.5) is 8.78 Å². The molecule has 0 amide bonds. The van der Waals surface area contributed by atoms with E-state index in [4.69, 9.17) is 5.73 Å². The Morgan fingerprint density at radius 3 is 2.56 bits per heavy atom. The summed E-state index contributed by atoms with van der Waals surface area (Å²) < 4.78 is 48.3. The molecule has 0 aliphatic carbocycles. The van der Waals surface area contributed by atoms with Crippen LogP contribution in [0.25, 0.3) is 0 Å². The molecule has 3 N–H and O–H groups in total. The summed E-state index contributed by atoms with van der Waals surface area (Å²) in [7, 11) is -3.91. The second-order valence-corrected chi connectivity index (χ2v) is 4.70. The van der Waals surface area contributed by atoms with Crippen molar-refractivity contribution in [3.63, 3.8) is 0 Å². The largest absolute Gasteiger partial charge is 0.325 e. The number of hydrogen-bond donors (Lipinski definition) is 2. The van der Waals surface area contributed by atoms with Crippen LogP contribution < -0.4 is 10.5 Å². The Kier molecular flexibility index (Phi) is 4.27. The van der Waals surface area contributed by atoms with Crippen LogP contribution in [-0.4, -0.2) is 26.4 Å². The second kappa shape index (κ2) is 5.28. The summed E-state index contributed by atoms with van der Waals surface area (Å²) in [5.41, 5.74) is 5.80. The Morgan fingerprint density at radius 2 is 2.12 bits per heavy atom. The quantitative estimate of drug-likeness (QED) is 0.776. The van der Waals surface area contributed by atoms with Gasteiger partial charge in [-0.1, -0.05) is 0 Å². The molecule has 0 bridgehead atoms. The molecular weight excluding hydrogens is 240 g/mol. The minimum absolute atomic E-state index is 0.162. The first-order valence-corrected chi connectivity index (χ1v) is 5.87. The minimum Gasteiger partial charge on any atom is -0.325 e. The molecule has 90 valence electrons. The number of hydrogen-bond acceptors (Lipinski definition) is 4. The maximum atomic E-state index is 11.8. The predicted molar refractivity (Wildman–Crippen MR) is 53.3 cm³/mol. The van der Waals surface area contributed by atoms with Crippen molar-refractivity contribution in [2.45, 2.75) is 17.9 Å². The fraction of sp³-hybridized carbons (Fsp3) is 0.375. The van der Waals surface area contributed by atoms with E-state index in [2.05, 4.69) is 4.98 Å². The molecule has 0 aliphatic rings. The highest BCUT2D eigenvalue weighted by atomic mass is 32.2. The van der Waals surface area contributed by atoms with Gasteiger partial charge >= 0.3 is 0 Å². The number of halogens is 2. The van der Waals surface area contributed by atoms with E-state index in [1.165, 1.54) is 12.1 Å². The zero-order chi connectivity index (χ0) is 12.2. The summed E-state index contributed by atoms with van der Waals surface area (Å²) in [5, 5.41) is 0. The Labute approximate surface area is 91.7 Å². The van der Waals surface area contributed by atoms with Gasteiger partial charge < -0.3 is 5.73 Å². The molecule has 1 heterocycles. The van der Waals surface area contributed by atoms with Gasteiger partial charge in [0.1, 0.15) is 4.90 Å². The lowest BCUT2D eigenvalue weighted by molar-refractivity contribution is 0.153. The van der Waals surface area contributed by atoms with E-state index >= 15 is 0 Å². The number of alkyl halides is 2. The van der Waals surface area contributed by atoms with Crippen LogP contribution in [0.5, 0.6) is 0 Å². The minimum atomic E-state index is -3.91. The molecular formula is C8H11F2N3O2S. The molecule has 0 saturated heterocycles. The van der Waals surface area contributed by atoms with Crippen LogP contribution in [0.1, 0.15) is 5.69 Å². The molecule has 0 aromatic carbocycles. The molecule has 0 spiro atoms. The number of rotatable bonds is 5. The summed E-state index contributed by atoms with van der Waals surface area (Å²) in [6, 6.07) is 2.69. The molecule has 0 atom stereocenters. The monoisotopic (exact) mass is 251 g/mol. The lowest BCUT2D eigenvalue weighted by Crippen LogP contribution is -2.28. The predicted octanol–water partition coefficient (Wildman–Crippen LogP) is 0.0837. The normalized spacial score (nSPS) is 12.0. The van der Waals surface area contributed by atoms with Crippen molar-refractivity contribution in [3.8, 4) is 0 Å². The van der Waals surface area contributed by atoms with E-state index in [0.29, 0.717) is 5.69 Å². The average Bonchev–Trinajstić information content (AvgIpc) is 2.27. The van der Waals surface area contributed by atoms with Crippen LogP contribution in [0.15, 0.2) is 23.2 Å². The maximum absolute atomic E-state index is 11.8. The molecule has 0 saturated carbocycles. The average molecular weight is 251 g/mol. The molecule has 1 aromatic rings. The fourth-order valence-electron chi connectivity index (χ4n) is 0.947. The van der Waals surface area contributed by atoms with Gasteiger partial charge in [-0.3, -0.25) is 4.98 Å². The van der Waals surface area contributed by atoms with Crippen molar-refractivity contribution in [1.29, 1.82) is 0 Å². The van der Waals surface area contributed by atoms with Gasteiger partial charge in [0.15, 0.2) is 0 Å². The summed E-state index contributed by atoms with van der Waals surface area (Å²) in [4.78, 5) is 3.60. The van der Waals surface area contributed by atoms with Gasteiger partial charge in [0.25, 0.3) is 6.43 Å². The van der Waals surface area contributed by atoms with Crippen LogP contribution >= 0.6 is 0 Å². The van der Waals surface area contributed by atoms with Gasteiger partial charge in [0.2, 0.25) is 10.0 Å². The van der Waals surface area contributed by atoms with E-state index in [1.807, 2.05) is 0 Å². The van der Waals surface area contributed by atoms with Gasteiger partial charge in [-0.2, -0.15) is 0 Å². The number of nitrogens with two attached hydrogens (primary N) is 1. The molecule has 0 radical (unpaired) electrons. The molecule has 8 heteroatoms. The zero-order valence-corrected chi connectivity index (χ0v) is 9.05. The van der Waals surface area contributed by atoms with Crippen molar-refractivity contribution >= 4 is 10.0 Å². The SMILES string of the molecule is NCc1ccc(S(=O)(=O)NCC(F)F)cn1. The fourth-order valence-corrected chi connectivity index (χ4v) is 1.90. The Bertz CT molecular complexity index is 433. The highest BCUT2D eigenvalue weighted by Gasteiger charge is 2.16. The van der Waals surface area contributed by atoms with Crippen molar-refractivity contribution in [2.75, 3.05) is 6.54 Å². The standard InChI is InChI=1S/C8H11F2N3O2S/c9-8(10)5-13-16(14,15)7-2-1-6(3-11)12-4-7/h1-2,4,8,13H,3,5,11H2. The van der Waals surface area contributed by atoms with E-state index in [9.17, 15) is 17.2 Å². The van der Waals surface area contributed by atoms with E-state index in [0.717, 1.165) is 6.20 Å². The van der Waals surface area contributed by atoms with E-state index in [-0.39, 0.29) is 11.4 Å². The number of nitrogens with zero attached hydrogens (tertiary/aromatic N) is 1. The molecule has 0 fully saturated rings. The van der Waals surface area contributed by atoms with Crippen LogP contribution in [0.3, 0.4) is 0 Å². The topological polar surface area (TPSA) is 85.1 Å². The van der Waals surface area contributed by atoms with E-state index < -0.39 is 23.0 Å². The molecule has 0 unspecified atom stereocenters. The Balaban J connectivity index is 2.82. The highest BCUT2D eigenvalue weighted by molar-refractivity contribution is 7.89. The lowest BCUT2D eigenvalue weighted by atomic mass is 10.4. The van der Waals surface area contributed by atoms with Crippen molar-refractivity contribution < 1.29 is 17.2 Å². The Hall–Kier alpha value is -1.12. The molecule has 0 aliphatic heterocycles. The summed E-state index contributed by atoms with van der Waals surface area (Å²) in [5.74, 6) is 0. The van der Waals surface area contributed by atoms with E-state index in [1.54, 1.807) is 4.72 Å². The molecule has 1 aromatic heterocycles.